The third-order valence-corrected chi connectivity index (χ3v) is 3.85. The number of hydrogen-bond acceptors (Lipinski definition) is 3. The molecule has 124 valence electrons. The molecule has 2 amide bonds. The molecule has 1 heterocycles. The van der Waals surface area contributed by atoms with Gasteiger partial charge in [-0.15, -0.1) is 0 Å². The van der Waals surface area contributed by atoms with Gasteiger partial charge in [0.1, 0.15) is 0 Å². The molecule has 2 N–H and O–H groups in total. The Hall–Kier alpha value is -2.37. The number of aryl methyl sites for hydroxylation is 1. The molecular formula is C17H22N2O4. The Bertz CT molecular complexity index is 639. The maximum Gasteiger partial charge on any atom is 0.308 e. The summed E-state index contributed by atoms with van der Waals surface area (Å²) in [5.41, 5.74) is 2.13. The van der Waals surface area contributed by atoms with Crippen LogP contribution in [0.3, 0.4) is 0 Å². The van der Waals surface area contributed by atoms with Gasteiger partial charge in [0, 0.05) is 30.8 Å². The van der Waals surface area contributed by atoms with Gasteiger partial charge in [-0.25, -0.2) is 0 Å². The maximum absolute atomic E-state index is 12.1. The van der Waals surface area contributed by atoms with Gasteiger partial charge in [0.05, 0.1) is 5.92 Å². The average molecular weight is 318 g/mol. The lowest BCUT2D eigenvalue weighted by Crippen LogP contribution is -2.26. The van der Waals surface area contributed by atoms with Crippen LogP contribution in [0, 0.1) is 18.8 Å². The molecule has 1 saturated heterocycles. The number of carboxylic acid groups (broad SMARTS) is 1. The van der Waals surface area contributed by atoms with E-state index in [1.807, 2.05) is 26.8 Å². The predicted octanol–water partition coefficient (Wildman–Crippen LogP) is 2.42. The highest BCUT2D eigenvalue weighted by molar-refractivity contribution is 6.00. The summed E-state index contributed by atoms with van der Waals surface area (Å²) >= 11 is 0. The summed E-state index contributed by atoms with van der Waals surface area (Å²) < 4.78 is 0. The third-order valence-electron chi connectivity index (χ3n) is 3.85. The summed E-state index contributed by atoms with van der Waals surface area (Å²) in [6.45, 7) is 5.96. The van der Waals surface area contributed by atoms with Gasteiger partial charge in [0.2, 0.25) is 11.8 Å². The number of hydrogen-bond donors (Lipinski definition) is 2. The standard InChI is InChI=1S/C17H22N2O4/c1-10(2)6-15(20)18-13-5-4-11(3)14(8-13)19-9-12(17(22)23)7-16(19)21/h4-5,8,10,12H,6-7,9H2,1-3H3,(H,18,20)(H,22,23). The predicted molar refractivity (Wildman–Crippen MR) is 87.4 cm³/mol. The van der Waals surface area contributed by atoms with Crippen molar-refractivity contribution in [1.82, 2.24) is 0 Å². The van der Waals surface area contributed by atoms with E-state index in [9.17, 15) is 14.4 Å². The zero-order valence-corrected chi connectivity index (χ0v) is 13.6. The van der Waals surface area contributed by atoms with Gasteiger partial charge in [-0.05, 0) is 30.5 Å². The van der Waals surface area contributed by atoms with E-state index in [0.29, 0.717) is 17.8 Å². The van der Waals surface area contributed by atoms with Gasteiger partial charge < -0.3 is 15.3 Å². The third kappa shape index (κ3) is 4.09. The van der Waals surface area contributed by atoms with Gasteiger partial charge in [0.15, 0.2) is 0 Å². The van der Waals surface area contributed by atoms with E-state index < -0.39 is 11.9 Å². The van der Waals surface area contributed by atoms with Crippen LogP contribution in [0.2, 0.25) is 0 Å². The molecule has 0 radical (unpaired) electrons. The smallest absolute Gasteiger partial charge is 0.308 e. The molecule has 2 rings (SSSR count). The highest BCUT2D eigenvalue weighted by atomic mass is 16.4. The Balaban J connectivity index is 2.19. The molecule has 0 aromatic heterocycles. The van der Waals surface area contributed by atoms with Crippen molar-refractivity contribution in [1.29, 1.82) is 0 Å². The van der Waals surface area contributed by atoms with Crippen molar-refractivity contribution in [2.24, 2.45) is 11.8 Å². The number of carboxylic acids is 1. The minimum absolute atomic E-state index is 0.0126. The Morgan fingerprint density at radius 3 is 2.65 bits per heavy atom. The van der Waals surface area contributed by atoms with Crippen molar-refractivity contribution >= 4 is 29.2 Å². The normalized spacial score (nSPS) is 17.7. The minimum Gasteiger partial charge on any atom is -0.481 e. The average Bonchev–Trinajstić information content (AvgIpc) is 2.82. The van der Waals surface area contributed by atoms with Crippen molar-refractivity contribution in [3.63, 3.8) is 0 Å². The van der Waals surface area contributed by atoms with Crippen molar-refractivity contribution in [3.05, 3.63) is 23.8 Å². The zero-order chi connectivity index (χ0) is 17.1. The van der Waals surface area contributed by atoms with Crippen LogP contribution < -0.4 is 10.2 Å². The second-order valence-corrected chi connectivity index (χ2v) is 6.39. The lowest BCUT2D eigenvalue weighted by Gasteiger charge is -2.20. The van der Waals surface area contributed by atoms with Gasteiger partial charge in [0.25, 0.3) is 0 Å². The lowest BCUT2D eigenvalue weighted by atomic mass is 10.1. The quantitative estimate of drug-likeness (QED) is 0.873. The molecule has 1 aromatic carbocycles. The van der Waals surface area contributed by atoms with E-state index in [1.165, 1.54) is 4.90 Å². The zero-order valence-electron chi connectivity index (χ0n) is 13.6. The summed E-state index contributed by atoms with van der Waals surface area (Å²) in [5, 5.41) is 11.9. The molecule has 1 aliphatic heterocycles. The van der Waals surface area contributed by atoms with Crippen molar-refractivity contribution < 1.29 is 19.5 Å². The van der Waals surface area contributed by atoms with E-state index in [2.05, 4.69) is 5.32 Å². The number of rotatable bonds is 5. The Morgan fingerprint density at radius 2 is 2.09 bits per heavy atom. The minimum atomic E-state index is -0.958. The summed E-state index contributed by atoms with van der Waals surface area (Å²) in [6.07, 6.45) is 0.436. The highest BCUT2D eigenvalue weighted by Crippen LogP contribution is 2.30. The lowest BCUT2D eigenvalue weighted by molar-refractivity contribution is -0.141. The Morgan fingerprint density at radius 1 is 1.39 bits per heavy atom. The molecule has 23 heavy (non-hydrogen) atoms. The highest BCUT2D eigenvalue weighted by Gasteiger charge is 2.35. The maximum atomic E-state index is 12.1. The summed E-state index contributed by atoms with van der Waals surface area (Å²) in [5.74, 6) is -1.66. The van der Waals surface area contributed by atoms with Crippen LogP contribution in [0.1, 0.15) is 32.3 Å². The number of anilines is 2. The molecule has 1 atom stereocenters. The molecule has 0 spiro atoms. The van der Waals surface area contributed by atoms with Gasteiger partial charge in [-0.1, -0.05) is 19.9 Å². The molecule has 6 nitrogen and oxygen atoms in total. The molecule has 1 unspecified atom stereocenters. The molecule has 1 aromatic rings. The van der Waals surface area contributed by atoms with Crippen LogP contribution in [0.4, 0.5) is 11.4 Å². The monoisotopic (exact) mass is 318 g/mol. The van der Waals surface area contributed by atoms with Crippen molar-refractivity contribution in [2.75, 3.05) is 16.8 Å². The van der Waals surface area contributed by atoms with Gasteiger partial charge >= 0.3 is 5.97 Å². The first kappa shape index (κ1) is 17.0. The van der Waals surface area contributed by atoms with Gasteiger partial charge in [-0.3, -0.25) is 14.4 Å². The molecule has 6 heteroatoms. The molecule has 0 saturated carbocycles. The van der Waals surface area contributed by atoms with Crippen molar-refractivity contribution in [3.8, 4) is 0 Å². The Kier molecular flexibility index (Phi) is 5.03. The number of carbonyl (C=O) groups is 3. The first-order valence-corrected chi connectivity index (χ1v) is 7.71. The fraction of sp³-hybridized carbons (Fsp3) is 0.471. The summed E-state index contributed by atoms with van der Waals surface area (Å²) in [7, 11) is 0. The largest absolute Gasteiger partial charge is 0.481 e. The molecule has 0 aliphatic carbocycles. The SMILES string of the molecule is Cc1ccc(NC(=O)CC(C)C)cc1N1CC(C(=O)O)CC1=O. The summed E-state index contributed by atoms with van der Waals surface area (Å²) in [6, 6.07) is 5.34. The number of amides is 2. The fourth-order valence-corrected chi connectivity index (χ4v) is 2.67. The van der Waals surface area contributed by atoms with Crippen LogP contribution >= 0.6 is 0 Å². The van der Waals surface area contributed by atoms with Crippen LogP contribution in [0.25, 0.3) is 0 Å². The van der Waals surface area contributed by atoms with E-state index in [0.717, 1.165) is 5.56 Å². The number of benzene rings is 1. The first-order chi connectivity index (χ1) is 10.8. The number of nitrogens with one attached hydrogen (secondary N) is 1. The molecule has 0 bridgehead atoms. The first-order valence-electron chi connectivity index (χ1n) is 7.71. The van der Waals surface area contributed by atoms with E-state index >= 15 is 0 Å². The van der Waals surface area contributed by atoms with E-state index in [4.69, 9.17) is 5.11 Å². The van der Waals surface area contributed by atoms with Crippen LogP contribution in [0.15, 0.2) is 18.2 Å². The van der Waals surface area contributed by atoms with Crippen LogP contribution in [-0.2, 0) is 14.4 Å². The van der Waals surface area contributed by atoms with Crippen LogP contribution in [0.5, 0.6) is 0 Å². The Labute approximate surface area is 135 Å². The second-order valence-electron chi connectivity index (χ2n) is 6.39. The number of carbonyl (C=O) groups excluding carboxylic acids is 2. The van der Waals surface area contributed by atoms with Crippen LogP contribution in [-0.4, -0.2) is 29.4 Å². The molecule has 1 fully saturated rings. The second kappa shape index (κ2) is 6.81. The number of nitrogens with zero attached hydrogens (tertiary/aromatic N) is 1. The summed E-state index contributed by atoms with van der Waals surface area (Å²) in [4.78, 5) is 36.6. The van der Waals surface area contributed by atoms with E-state index in [1.54, 1.807) is 12.1 Å². The van der Waals surface area contributed by atoms with Gasteiger partial charge in [-0.2, -0.15) is 0 Å². The topological polar surface area (TPSA) is 86.7 Å². The van der Waals surface area contributed by atoms with E-state index in [-0.39, 0.29) is 30.7 Å². The molecular weight excluding hydrogens is 296 g/mol. The number of aliphatic carboxylic acids is 1. The fourth-order valence-electron chi connectivity index (χ4n) is 2.67. The van der Waals surface area contributed by atoms with Crippen molar-refractivity contribution in [2.45, 2.75) is 33.6 Å². The molecule has 1 aliphatic rings.